The van der Waals surface area contributed by atoms with Crippen molar-refractivity contribution in [3.8, 4) is 16.9 Å². The third-order valence-electron chi connectivity index (χ3n) is 4.40. The smallest absolute Gasteiger partial charge is 0.280 e. The van der Waals surface area contributed by atoms with Crippen LogP contribution in [0.25, 0.3) is 16.9 Å². The van der Waals surface area contributed by atoms with E-state index in [1.54, 1.807) is 48.8 Å². The molecule has 0 fully saturated rings. The van der Waals surface area contributed by atoms with Crippen molar-refractivity contribution < 1.29 is 4.79 Å². The van der Waals surface area contributed by atoms with Crippen molar-refractivity contribution in [2.75, 3.05) is 0 Å². The van der Waals surface area contributed by atoms with E-state index in [0.717, 1.165) is 5.56 Å². The molecule has 0 spiro atoms. The Morgan fingerprint density at radius 1 is 0.964 bits per heavy atom. The van der Waals surface area contributed by atoms with Gasteiger partial charge in [-0.3, -0.25) is 19.7 Å². The molecule has 0 bridgehead atoms. The maximum Gasteiger partial charge on any atom is 0.280 e. The molecule has 0 aliphatic carbocycles. The van der Waals surface area contributed by atoms with Crippen molar-refractivity contribution in [2.24, 2.45) is 0 Å². The molecular weight excluding hydrogens is 352 g/mol. The normalized spacial score (nSPS) is 10.6. The number of amides is 1. The molecule has 28 heavy (non-hydrogen) atoms. The van der Waals surface area contributed by atoms with Crippen LogP contribution in [0.3, 0.4) is 0 Å². The molecule has 0 atom stereocenters. The highest BCUT2D eigenvalue weighted by molar-refractivity contribution is 5.94. The number of hydrogen-bond acceptors (Lipinski definition) is 3. The first kappa shape index (κ1) is 17.5. The Balaban J connectivity index is 1.50. The molecule has 2 N–H and O–H groups in total. The lowest BCUT2D eigenvalue weighted by molar-refractivity contribution is 0.0951. The molecule has 1 amide bonds. The van der Waals surface area contributed by atoms with Gasteiger partial charge < -0.3 is 5.32 Å². The largest absolute Gasteiger partial charge is 0.348 e. The Morgan fingerprint density at radius 3 is 2.43 bits per heavy atom. The monoisotopic (exact) mass is 370 g/mol. The lowest BCUT2D eigenvalue weighted by atomic mass is 10.1. The average molecular weight is 370 g/mol. The molecule has 2 aromatic carbocycles. The molecule has 2 heterocycles. The predicted molar refractivity (Wildman–Crippen MR) is 107 cm³/mol. The van der Waals surface area contributed by atoms with Gasteiger partial charge in [0.25, 0.3) is 11.5 Å². The minimum atomic E-state index is -0.194. The molecule has 0 unspecified atom stereocenters. The molecule has 0 aliphatic rings. The molecule has 0 radical (unpaired) electrons. The van der Waals surface area contributed by atoms with Gasteiger partial charge in [-0.25, -0.2) is 4.68 Å². The number of hydrogen-bond donors (Lipinski definition) is 2. The number of rotatable bonds is 5. The summed E-state index contributed by atoms with van der Waals surface area (Å²) in [5, 5.41) is 5.84. The summed E-state index contributed by atoms with van der Waals surface area (Å²) in [4.78, 5) is 29.2. The van der Waals surface area contributed by atoms with Crippen molar-refractivity contribution in [2.45, 2.75) is 6.54 Å². The second kappa shape index (κ2) is 7.75. The quantitative estimate of drug-likeness (QED) is 0.566. The number of aromatic nitrogens is 3. The van der Waals surface area contributed by atoms with Crippen molar-refractivity contribution in [1.82, 2.24) is 20.1 Å². The second-order valence-corrected chi connectivity index (χ2v) is 6.26. The van der Waals surface area contributed by atoms with Gasteiger partial charge in [0.1, 0.15) is 0 Å². The third-order valence-corrected chi connectivity index (χ3v) is 4.40. The van der Waals surface area contributed by atoms with Gasteiger partial charge in [0, 0.05) is 24.5 Å². The van der Waals surface area contributed by atoms with Gasteiger partial charge in [-0.1, -0.05) is 36.4 Å². The maximum absolute atomic E-state index is 12.7. The Hall–Kier alpha value is -3.93. The van der Waals surface area contributed by atoms with Crippen molar-refractivity contribution in [3.63, 3.8) is 0 Å². The fourth-order valence-electron chi connectivity index (χ4n) is 2.91. The fraction of sp³-hybridized carbons (Fsp3) is 0.0455. The van der Waals surface area contributed by atoms with Crippen molar-refractivity contribution >= 4 is 5.91 Å². The van der Waals surface area contributed by atoms with Crippen LogP contribution in [0.5, 0.6) is 0 Å². The molecule has 138 valence electrons. The van der Waals surface area contributed by atoms with Crippen LogP contribution in [-0.2, 0) is 6.54 Å². The van der Waals surface area contributed by atoms with Crippen LogP contribution in [0, 0.1) is 0 Å². The summed E-state index contributed by atoms with van der Waals surface area (Å²) in [6.07, 6.45) is 3.28. The zero-order chi connectivity index (χ0) is 19.3. The van der Waals surface area contributed by atoms with Gasteiger partial charge in [-0.2, -0.15) is 0 Å². The average Bonchev–Trinajstić information content (AvgIpc) is 3.15. The number of nitrogens with one attached hydrogen (secondary N) is 2. The van der Waals surface area contributed by atoms with E-state index in [2.05, 4.69) is 15.4 Å². The Kier molecular flexibility index (Phi) is 4.84. The standard InChI is InChI=1S/C22H18N4O2/c27-21(24-14-16-6-2-1-3-7-16)17-9-11-18(12-10-17)26-22(28)19(15-25-26)20-8-4-5-13-23-20/h1-13,15,25H,14H2,(H,24,27). The lowest BCUT2D eigenvalue weighted by Gasteiger charge is -2.07. The van der Waals surface area contributed by atoms with E-state index in [1.807, 2.05) is 36.4 Å². The number of pyridine rings is 1. The summed E-state index contributed by atoms with van der Waals surface area (Å²) in [5.41, 5.74) is 3.12. The van der Waals surface area contributed by atoms with E-state index >= 15 is 0 Å². The third kappa shape index (κ3) is 3.61. The number of nitrogens with zero attached hydrogens (tertiary/aromatic N) is 2. The summed E-state index contributed by atoms with van der Waals surface area (Å²) in [6, 6.07) is 22.0. The highest BCUT2D eigenvalue weighted by atomic mass is 16.1. The first-order valence-corrected chi connectivity index (χ1v) is 8.87. The van der Waals surface area contributed by atoms with Crippen molar-refractivity contribution in [1.29, 1.82) is 0 Å². The van der Waals surface area contributed by atoms with Crippen LogP contribution < -0.4 is 10.9 Å². The Labute approximate surface area is 161 Å². The molecule has 6 heteroatoms. The van der Waals surface area contributed by atoms with E-state index in [0.29, 0.717) is 29.1 Å². The number of H-pyrrole nitrogens is 1. The van der Waals surface area contributed by atoms with Crippen molar-refractivity contribution in [3.05, 3.63) is 107 Å². The number of carbonyl (C=O) groups is 1. The van der Waals surface area contributed by atoms with E-state index in [4.69, 9.17) is 0 Å². The van der Waals surface area contributed by atoms with E-state index in [1.165, 1.54) is 4.68 Å². The number of benzene rings is 2. The van der Waals surface area contributed by atoms with Crippen LogP contribution in [0.15, 0.2) is 90.0 Å². The first-order valence-electron chi connectivity index (χ1n) is 8.87. The van der Waals surface area contributed by atoms with Gasteiger partial charge in [0.2, 0.25) is 0 Å². The van der Waals surface area contributed by atoms with Gasteiger partial charge >= 0.3 is 0 Å². The Morgan fingerprint density at radius 2 is 1.71 bits per heavy atom. The number of aromatic amines is 1. The molecule has 4 aromatic rings. The topological polar surface area (TPSA) is 79.8 Å². The van der Waals surface area contributed by atoms with Crippen LogP contribution in [-0.4, -0.2) is 20.7 Å². The van der Waals surface area contributed by atoms with Gasteiger partial charge in [-0.05, 0) is 42.0 Å². The maximum atomic E-state index is 12.7. The summed E-state index contributed by atoms with van der Waals surface area (Å²) in [7, 11) is 0. The fourth-order valence-corrected chi connectivity index (χ4v) is 2.91. The Bertz CT molecular complexity index is 1130. The predicted octanol–water partition coefficient (Wildman–Crippen LogP) is 3.16. The molecular formula is C22H18N4O2. The summed E-state index contributed by atoms with van der Waals surface area (Å²) >= 11 is 0. The first-order chi connectivity index (χ1) is 13.7. The lowest BCUT2D eigenvalue weighted by Crippen LogP contribution is -2.23. The molecule has 0 saturated heterocycles. The zero-order valence-electron chi connectivity index (χ0n) is 15.0. The SMILES string of the molecule is O=C(NCc1ccccc1)c1ccc(-n2[nH]cc(-c3ccccn3)c2=O)cc1. The summed E-state index contributed by atoms with van der Waals surface area (Å²) < 4.78 is 1.43. The second-order valence-electron chi connectivity index (χ2n) is 6.26. The van der Waals surface area contributed by atoms with Crippen LogP contribution in [0.1, 0.15) is 15.9 Å². The molecule has 0 aliphatic heterocycles. The van der Waals surface area contributed by atoms with Gasteiger partial charge in [0.05, 0.1) is 16.9 Å². The van der Waals surface area contributed by atoms with Crippen LogP contribution in [0.4, 0.5) is 0 Å². The van der Waals surface area contributed by atoms with E-state index < -0.39 is 0 Å². The van der Waals surface area contributed by atoms with Crippen LogP contribution in [0.2, 0.25) is 0 Å². The molecule has 0 saturated carbocycles. The van der Waals surface area contributed by atoms with Gasteiger partial charge in [0.15, 0.2) is 0 Å². The minimum absolute atomic E-state index is 0.164. The van der Waals surface area contributed by atoms with Crippen LogP contribution >= 0.6 is 0 Å². The number of carbonyl (C=O) groups excluding carboxylic acids is 1. The highest BCUT2D eigenvalue weighted by Crippen LogP contribution is 2.13. The zero-order valence-corrected chi connectivity index (χ0v) is 15.0. The van der Waals surface area contributed by atoms with E-state index in [9.17, 15) is 9.59 Å². The molecule has 6 nitrogen and oxygen atoms in total. The van der Waals surface area contributed by atoms with Gasteiger partial charge in [-0.15, -0.1) is 0 Å². The molecule has 2 aromatic heterocycles. The summed E-state index contributed by atoms with van der Waals surface area (Å²) in [5.74, 6) is -0.164. The molecule has 4 rings (SSSR count). The summed E-state index contributed by atoms with van der Waals surface area (Å²) in [6.45, 7) is 0.463. The van der Waals surface area contributed by atoms with E-state index in [-0.39, 0.29) is 11.5 Å². The highest BCUT2D eigenvalue weighted by Gasteiger charge is 2.11. The minimum Gasteiger partial charge on any atom is -0.348 e.